The summed E-state index contributed by atoms with van der Waals surface area (Å²) in [5.41, 5.74) is 1.52. The first kappa shape index (κ1) is 30.0. The molecule has 0 aliphatic rings. The molecule has 0 saturated heterocycles. The fourth-order valence-electron chi connectivity index (χ4n) is 3.81. The first-order valence-corrected chi connectivity index (χ1v) is 12.5. The van der Waals surface area contributed by atoms with Crippen LogP contribution in [0.15, 0.2) is 18.2 Å². The fourth-order valence-corrected chi connectivity index (χ4v) is 4.22. The Bertz CT molecular complexity index is 846. The van der Waals surface area contributed by atoms with Crippen LogP contribution in [0.3, 0.4) is 0 Å². The van der Waals surface area contributed by atoms with Gasteiger partial charge in [0.2, 0.25) is 0 Å². The molecule has 0 radical (unpaired) electrons. The molecular weight excluding hydrogens is 479 g/mol. The zero-order chi connectivity index (χ0) is 26.1. The van der Waals surface area contributed by atoms with Crippen LogP contribution in [-0.4, -0.2) is 64.5 Å². The molecule has 0 saturated carbocycles. The van der Waals surface area contributed by atoms with E-state index in [2.05, 4.69) is 5.32 Å². The molecule has 0 spiro atoms. The van der Waals surface area contributed by atoms with Crippen molar-refractivity contribution in [2.24, 2.45) is 5.41 Å². The molecule has 34 heavy (non-hydrogen) atoms. The average Bonchev–Trinajstić information content (AvgIpc) is 2.66. The Kier molecular flexibility index (Phi) is 11.7. The van der Waals surface area contributed by atoms with E-state index in [0.29, 0.717) is 43.3 Å². The van der Waals surface area contributed by atoms with E-state index in [4.69, 9.17) is 27.9 Å². The molecule has 9 heteroatoms. The predicted molar refractivity (Wildman–Crippen MR) is 136 cm³/mol. The van der Waals surface area contributed by atoms with Crippen molar-refractivity contribution in [2.45, 2.75) is 72.4 Å². The van der Waals surface area contributed by atoms with Gasteiger partial charge in [-0.25, -0.2) is 4.79 Å². The maximum atomic E-state index is 13.0. The van der Waals surface area contributed by atoms with Crippen molar-refractivity contribution in [3.05, 3.63) is 34.9 Å². The summed E-state index contributed by atoms with van der Waals surface area (Å²) in [4.78, 5) is 38.3. The lowest BCUT2D eigenvalue weighted by Crippen LogP contribution is -2.42. The van der Waals surface area contributed by atoms with Crippen LogP contribution in [0.5, 0.6) is 0 Å². The van der Waals surface area contributed by atoms with Gasteiger partial charge in [0.1, 0.15) is 5.60 Å². The number of aryl methyl sites for hydroxylation is 1. The highest BCUT2D eigenvalue weighted by Crippen LogP contribution is 2.30. The van der Waals surface area contributed by atoms with Crippen molar-refractivity contribution in [3.63, 3.8) is 0 Å². The van der Waals surface area contributed by atoms with Crippen LogP contribution in [0.1, 0.15) is 68.9 Å². The van der Waals surface area contributed by atoms with Gasteiger partial charge in [-0.1, -0.05) is 19.9 Å². The number of nitrogens with one attached hydrogen (secondary N) is 1. The molecule has 2 N–H and O–H groups in total. The highest BCUT2D eigenvalue weighted by atomic mass is 35.5. The number of rotatable bonds is 12. The maximum absolute atomic E-state index is 13.0. The summed E-state index contributed by atoms with van der Waals surface area (Å²) in [5.74, 6) is -0.483. The van der Waals surface area contributed by atoms with E-state index < -0.39 is 23.7 Å². The van der Waals surface area contributed by atoms with Gasteiger partial charge in [0.05, 0.1) is 6.42 Å². The quantitative estimate of drug-likeness (QED) is 0.370. The van der Waals surface area contributed by atoms with Gasteiger partial charge in [-0.15, -0.1) is 23.2 Å². The Hall–Kier alpha value is -1.99. The van der Waals surface area contributed by atoms with Crippen LogP contribution >= 0.6 is 23.2 Å². The lowest BCUT2D eigenvalue weighted by Gasteiger charge is -2.31. The number of ether oxygens (including phenoxy) is 1. The van der Waals surface area contributed by atoms with E-state index in [0.717, 1.165) is 11.1 Å². The van der Waals surface area contributed by atoms with Crippen LogP contribution in [0.2, 0.25) is 0 Å². The number of amides is 2. The van der Waals surface area contributed by atoms with Crippen LogP contribution in [-0.2, 0) is 16.0 Å². The van der Waals surface area contributed by atoms with E-state index in [1.54, 1.807) is 31.7 Å². The van der Waals surface area contributed by atoms with Crippen molar-refractivity contribution in [2.75, 3.05) is 24.8 Å². The van der Waals surface area contributed by atoms with E-state index >= 15 is 0 Å². The van der Waals surface area contributed by atoms with Gasteiger partial charge in [-0.05, 0) is 69.2 Å². The number of carbonyl (C=O) groups is 3. The summed E-state index contributed by atoms with van der Waals surface area (Å²) < 4.78 is 5.30. The van der Waals surface area contributed by atoms with E-state index in [1.165, 1.54) is 0 Å². The molecule has 1 atom stereocenters. The Morgan fingerprint density at radius 3 is 2.18 bits per heavy atom. The topological polar surface area (TPSA) is 95.9 Å². The van der Waals surface area contributed by atoms with Crippen molar-refractivity contribution in [3.8, 4) is 0 Å². The molecule has 1 aromatic rings. The van der Waals surface area contributed by atoms with Crippen molar-refractivity contribution < 1.29 is 24.2 Å². The molecule has 1 rings (SSSR count). The zero-order valence-corrected chi connectivity index (χ0v) is 22.6. The molecule has 0 aromatic heterocycles. The number of carboxylic acid groups (broad SMARTS) is 1. The summed E-state index contributed by atoms with van der Waals surface area (Å²) in [6.07, 6.45) is 0.154. The third kappa shape index (κ3) is 11.0. The average molecular weight is 517 g/mol. The van der Waals surface area contributed by atoms with E-state index in [1.807, 2.05) is 32.9 Å². The Balaban J connectivity index is 3.05. The Labute approximate surface area is 213 Å². The van der Waals surface area contributed by atoms with Gasteiger partial charge in [-0.2, -0.15) is 0 Å². The van der Waals surface area contributed by atoms with Gasteiger partial charge >= 0.3 is 12.1 Å². The minimum absolute atomic E-state index is 0.129. The third-order valence-corrected chi connectivity index (χ3v) is 5.54. The molecule has 0 unspecified atom stereocenters. The van der Waals surface area contributed by atoms with E-state index in [-0.39, 0.29) is 17.7 Å². The second-order valence-electron chi connectivity index (χ2n) is 10.3. The van der Waals surface area contributed by atoms with Gasteiger partial charge in [0, 0.05) is 36.5 Å². The second kappa shape index (κ2) is 13.2. The molecule has 0 aliphatic carbocycles. The SMILES string of the molecule is Cc1ccc(C(=O)N(CCCl)CCCl)cc1CC(C)(C)C[C@@H](CC(=O)O)NC(=O)OC(C)(C)C. The third-order valence-electron chi connectivity index (χ3n) is 5.20. The van der Waals surface area contributed by atoms with Crippen LogP contribution < -0.4 is 5.32 Å². The largest absolute Gasteiger partial charge is 0.481 e. The number of aliphatic carboxylic acids is 1. The minimum Gasteiger partial charge on any atom is -0.481 e. The molecule has 192 valence electrons. The van der Waals surface area contributed by atoms with Crippen LogP contribution in [0.25, 0.3) is 0 Å². The summed E-state index contributed by atoms with van der Waals surface area (Å²) >= 11 is 11.7. The van der Waals surface area contributed by atoms with Crippen molar-refractivity contribution in [1.82, 2.24) is 10.2 Å². The normalized spacial score (nSPS) is 12.7. The van der Waals surface area contributed by atoms with Gasteiger partial charge in [0.25, 0.3) is 5.91 Å². The molecule has 0 bridgehead atoms. The molecule has 7 nitrogen and oxygen atoms in total. The number of halogens is 2. The Morgan fingerprint density at radius 2 is 1.68 bits per heavy atom. The Morgan fingerprint density at radius 1 is 1.09 bits per heavy atom. The van der Waals surface area contributed by atoms with Gasteiger partial charge < -0.3 is 20.1 Å². The standard InChI is InChI=1S/C25H38Cl2N2O5/c1-17-7-8-18(22(32)29(11-9-26)12-10-27)13-19(17)15-25(5,6)16-20(14-21(30)31)28-23(33)34-24(2,3)4/h7-8,13,20H,9-12,14-16H2,1-6H3,(H,28,33)(H,30,31)/t20-/m1/s1. The highest BCUT2D eigenvalue weighted by molar-refractivity contribution is 6.18. The highest BCUT2D eigenvalue weighted by Gasteiger charge is 2.29. The lowest BCUT2D eigenvalue weighted by atomic mass is 9.78. The molecule has 0 aliphatic heterocycles. The van der Waals surface area contributed by atoms with Gasteiger partial charge in [-0.3, -0.25) is 9.59 Å². The number of hydrogen-bond acceptors (Lipinski definition) is 4. The fraction of sp³-hybridized carbons (Fsp3) is 0.640. The molecule has 2 amide bonds. The van der Waals surface area contributed by atoms with Gasteiger partial charge in [0.15, 0.2) is 0 Å². The molecule has 1 aromatic carbocycles. The second-order valence-corrected chi connectivity index (χ2v) is 11.1. The summed E-state index contributed by atoms with van der Waals surface area (Å²) in [6, 6.07) is 4.98. The molecular formula is C25H38Cl2N2O5. The van der Waals surface area contributed by atoms with Crippen LogP contribution in [0, 0.1) is 12.3 Å². The number of carbonyl (C=O) groups excluding carboxylic acids is 2. The molecule has 0 fully saturated rings. The number of alkyl halides is 2. The lowest BCUT2D eigenvalue weighted by molar-refractivity contribution is -0.137. The number of hydrogen-bond donors (Lipinski definition) is 2. The maximum Gasteiger partial charge on any atom is 0.407 e. The predicted octanol–water partition coefficient (Wildman–Crippen LogP) is 5.24. The number of nitrogens with zero attached hydrogens (tertiary/aromatic N) is 1. The van der Waals surface area contributed by atoms with E-state index in [9.17, 15) is 19.5 Å². The summed E-state index contributed by atoms with van der Waals surface area (Å²) in [6.45, 7) is 12.1. The number of benzene rings is 1. The minimum atomic E-state index is -1.00. The summed E-state index contributed by atoms with van der Waals surface area (Å²) in [5, 5.41) is 12.1. The van der Waals surface area contributed by atoms with Crippen molar-refractivity contribution >= 4 is 41.2 Å². The summed E-state index contributed by atoms with van der Waals surface area (Å²) in [7, 11) is 0. The van der Waals surface area contributed by atoms with Crippen molar-refractivity contribution in [1.29, 1.82) is 0 Å². The smallest absolute Gasteiger partial charge is 0.407 e. The number of carboxylic acids is 1. The first-order valence-electron chi connectivity index (χ1n) is 11.4. The first-order chi connectivity index (χ1) is 15.7. The molecule has 0 heterocycles. The number of alkyl carbamates (subject to hydrolysis) is 1. The monoisotopic (exact) mass is 516 g/mol. The zero-order valence-electron chi connectivity index (χ0n) is 21.0. The van der Waals surface area contributed by atoms with Crippen LogP contribution in [0.4, 0.5) is 4.79 Å².